The van der Waals surface area contributed by atoms with Crippen LogP contribution in [0.3, 0.4) is 0 Å². The van der Waals surface area contributed by atoms with Crippen molar-refractivity contribution in [2.75, 3.05) is 13.1 Å². The second-order valence-electron chi connectivity index (χ2n) is 3.30. The summed E-state index contributed by atoms with van der Waals surface area (Å²) < 4.78 is 0. The van der Waals surface area contributed by atoms with Crippen LogP contribution in [0.2, 0.25) is 0 Å². The van der Waals surface area contributed by atoms with Crippen molar-refractivity contribution < 1.29 is 4.79 Å². The van der Waals surface area contributed by atoms with Crippen molar-refractivity contribution in [3.63, 3.8) is 0 Å². The first kappa shape index (κ1) is 12.5. The highest BCUT2D eigenvalue weighted by Gasteiger charge is 2.14. The summed E-state index contributed by atoms with van der Waals surface area (Å²) in [5.74, 6) is -0.316. The van der Waals surface area contributed by atoms with Crippen molar-refractivity contribution in [3.8, 4) is 12.1 Å². The van der Waals surface area contributed by atoms with Crippen molar-refractivity contribution in [2.24, 2.45) is 0 Å². The van der Waals surface area contributed by atoms with Crippen molar-refractivity contribution in [3.05, 3.63) is 42.0 Å². The largest absolute Gasteiger partial charge is 0.312 e. The third-order valence-electron chi connectivity index (χ3n) is 2.20. The van der Waals surface area contributed by atoms with E-state index in [1.54, 1.807) is 30.3 Å². The summed E-state index contributed by atoms with van der Waals surface area (Å²) in [5, 5.41) is 17.1. The molecule has 0 spiro atoms. The van der Waals surface area contributed by atoms with Crippen LogP contribution < -0.4 is 0 Å². The van der Waals surface area contributed by atoms with Gasteiger partial charge in [-0.25, -0.2) is 0 Å². The predicted molar refractivity (Wildman–Crippen MR) is 63.7 cm³/mol. The molecule has 0 saturated heterocycles. The molecule has 84 valence electrons. The van der Waals surface area contributed by atoms with Gasteiger partial charge in [-0.2, -0.15) is 10.5 Å². The lowest BCUT2D eigenvalue weighted by Crippen LogP contribution is -2.31. The fraction of sp³-hybridized carbons (Fsp3) is 0.154. The maximum absolute atomic E-state index is 11.9. The van der Waals surface area contributed by atoms with Crippen molar-refractivity contribution in [1.82, 2.24) is 4.90 Å². The molecule has 0 unspecified atom stereocenters. The molecule has 1 amide bonds. The van der Waals surface area contributed by atoms with E-state index in [0.717, 1.165) is 5.56 Å². The van der Waals surface area contributed by atoms with Gasteiger partial charge >= 0.3 is 0 Å². The molecule has 4 nitrogen and oxygen atoms in total. The van der Waals surface area contributed by atoms with Crippen molar-refractivity contribution in [1.29, 1.82) is 10.5 Å². The molecule has 0 fully saturated rings. The Labute approximate surface area is 100 Å². The van der Waals surface area contributed by atoms with Gasteiger partial charge in [0.2, 0.25) is 0 Å². The molecule has 0 aliphatic rings. The molecule has 0 bridgehead atoms. The SMILES string of the molecule is C=Cc1ccc(C(=O)N(CC#N)CC#N)cc1. The van der Waals surface area contributed by atoms with E-state index in [1.807, 2.05) is 12.1 Å². The van der Waals surface area contributed by atoms with Gasteiger partial charge in [-0.1, -0.05) is 24.8 Å². The van der Waals surface area contributed by atoms with Gasteiger partial charge in [0.15, 0.2) is 0 Å². The number of nitriles is 2. The Balaban J connectivity index is 2.90. The molecule has 0 radical (unpaired) electrons. The second-order valence-corrected chi connectivity index (χ2v) is 3.30. The topological polar surface area (TPSA) is 67.9 Å². The van der Waals surface area contributed by atoms with Crippen LogP contribution in [-0.4, -0.2) is 23.9 Å². The van der Waals surface area contributed by atoms with E-state index in [-0.39, 0.29) is 19.0 Å². The van der Waals surface area contributed by atoms with E-state index in [1.165, 1.54) is 4.90 Å². The Bertz CT molecular complexity index is 475. The van der Waals surface area contributed by atoms with Crippen LogP contribution in [0.15, 0.2) is 30.8 Å². The first-order valence-corrected chi connectivity index (χ1v) is 4.98. The van der Waals surface area contributed by atoms with Gasteiger partial charge in [0.05, 0.1) is 12.1 Å². The molecular weight excluding hydrogens is 214 g/mol. The summed E-state index contributed by atoms with van der Waals surface area (Å²) in [5.41, 5.74) is 1.37. The molecule has 0 aliphatic carbocycles. The third kappa shape index (κ3) is 3.19. The van der Waals surface area contributed by atoms with Crippen LogP contribution >= 0.6 is 0 Å². The highest BCUT2D eigenvalue weighted by atomic mass is 16.2. The summed E-state index contributed by atoms with van der Waals surface area (Å²) in [6.45, 7) is 3.44. The van der Waals surface area contributed by atoms with E-state index in [9.17, 15) is 4.79 Å². The highest BCUT2D eigenvalue weighted by molar-refractivity contribution is 5.94. The van der Waals surface area contributed by atoms with Crippen LogP contribution in [-0.2, 0) is 0 Å². The number of benzene rings is 1. The Morgan fingerprint density at radius 1 is 1.24 bits per heavy atom. The minimum atomic E-state index is -0.316. The summed E-state index contributed by atoms with van der Waals surface area (Å²) in [6, 6.07) is 10.6. The number of hydrogen-bond donors (Lipinski definition) is 0. The minimum Gasteiger partial charge on any atom is -0.312 e. The van der Waals surface area contributed by atoms with Gasteiger partial charge in [0, 0.05) is 5.56 Å². The standard InChI is InChI=1S/C13H11N3O/c1-2-11-3-5-12(6-4-11)13(17)16(9-7-14)10-8-15/h2-6H,1,9-10H2. The molecule has 1 rings (SSSR count). The van der Waals surface area contributed by atoms with Crippen LogP contribution in [0.5, 0.6) is 0 Å². The lowest BCUT2D eigenvalue weighted by Gasteiger charge is -2.15. The number of rotatable bonds is 4. The molecule has 17 heavy (non-hydrogen) atoms. The molecule has 0 N–H and O–H groups in total. The Morgan fingerprint density at radius 3 is 2.18 bits per heavy atom. The molecule has 1 aromatic carbocycles. The summed E-state index contributed by atoms with van der Waals surface area (Å²) in [6.07, 6.45) is 1.68. The molecule has 1 aromatic rings. The molecular formula is C13H11N3O. The number of carbonyl (C=O) groups is 1. The molecule has 0 aromatic heterocycles. The van der Waals surface area contributed by atoms with Gasteiger partial charge in [-0.3, -0.25) is 4.79 Å². The quantitative estimate of drug-likeness (QED) is 0.734. The zero-order valence-corrected chi connectivity index (χ0v) is 9.26. The van der Waals surface area contributed by atoms with E-state index in [4.69, 9.17) is 10.5 Å². The zero-order valence-electron chi connectivity index (χ0n) is 9.26. The number of hydrogen-bond acceptors (Lipinski definition) is 3. The molecule has 0 aliphatic heterocycles. The number of carbonyl (C=O) groups excluding carboxylic acids is 1. The second kappa shape index (κ2) is 6.09. The molecule has 0 heterocycles. The lowest BCUT2D eigenvalue weighted by molar-refractivity contribution is 0.0794. The van der Waals surface area contributed by atoms with Crippen LogP contribution in [0.25, 0.3) is 6.08 Å². The summed E-state index contributed by atoms with van der Waals surface area (Å²) in [4.78, 5) is 13.1. The monoisotopic (exact) mass is 225 g/mol. The maximum Gasteiger partial charge on any atom is 0.255 e. The van der Waals surface area contributed by atoms with Gasteiger partial charge in [-0.05, 0) is 17.7 Å². The van der Waals surface area contributed by atoms with Gasteiger partial charge < -0.3 is 4.90 Å². The average molecular weight is 225 g/mol. The first-order valence-electron chi connectivity index (χ1n) is 4.98. The Hall–Kier alpha value is -2.59. The fourth-order valence-electron chi connectivity index (χ4n) is 1.31. The van der Waals surface area contributed by atoms with E-state index >= 15 is 0 Å². The van der Waals surface area contributed by atoms with Crippen LogP contribution in [0.4, 0.5) is 0 Å². The van der Waals surface area contributed by atoms with Gasteiger partial charge in [0.25, 0.3) is 5.91 Å². The minimum absolute atomic E-state index is 0.0877. The normalized spacial score (nSPS) is 8.82. The van der Waals surface area contributed by atoms with Gasteiger partial charge in [0.1, 0.15) is 13.1 Å². The van der Waals surface area contributed by atoms with Crippen molar-refractivity contribution in [2.45, 2.75) is 0 Å². The number of nitrogens with zero attached hydrogens (tertiary/aromatic N) is 3. The highest BCUT2D eigenvalue weighted by Crippen LogP contribution is 2.08. The smallest absolute Gasteiger partial charge is 0.255 e. The van der Waals surface area contributed by atoms with E-state index in [2.05, 4.69) is 6.58 Å². The fourth-order valence-corrected chi connectivity index (χ4v) is 1.31. The lowest BCUT2D eigenvalue weighted by atomic mass is 10.1. The summed E-state index contributed by atoms with van der Waals surface area (Å²) >= 11 is 0. The Kier molecular flexibility index (Phi) is 4.47. The maximum atomic E-state index is 11.9. The predicted octanol–water partition coefficient (Wildman–Crippen LogP) is 1.82. The number of amides is 1. The van der Waals surface area contributed by atoms with E-state index < -0.39 is 0 Å². The van der Waals surface area contributed by atoms with E-state index in [0.29, 0.717) is 5.56 Å². The first-order chi connectivity index (χ1) is 8.22. The van der Waals surface area contributed by atoms with Gasteiger partial charge in [-0.15, -0.1) is 0 Å². The average Bonchev–Trinajstić information content (AvgIpc) is 2.38. The molecule has 0 atom stereocenters. The molecule has 0 saturated carbocycles. The van der Waals surface area contributed by atoms with Crippen molar-refractivity contribution >= 4 is 12.0 Å². The zero-order chi connectivity index (χ0) is 12.7. The van der Waals surface area contributed by atoms with Crippen LogP contribution in [0, 0.1) is 22.7 Å². The summed E-state index contributed by atoms with van der Waals surface area (Å²) in [7, 11) is 0. The molecule has 4 heteroatoms. The Morgan fingerprint density at radius 2 is 1.76 bits per heavy atom. The third-order valence-corrected chi connectivity index (χ3v) is 2.20. The van der Waals surface area contributed by atoms with Crippen LogP contribution in [0.1, 0.15) is 15.9 Å².